The van der Waals surface area contributed by atoms with E-state index in [-0.39, 0.29) is 42.3 Å². The van der Waals surface area contributed by atoms with E-state index in [9.17, 15) is 19.5 Å². The summed E-state index contributed by atoms with van der Waals surface area (Å²) >= 11 is 1.38. The number of carbonyl (C=O) groups excluding carboxylic acids is 2. The van der Waals surface area contributed by atoms with E-state index in [2.05, 4.69) is 5.32 Å². The monoisotopic (exact) mass is 373 g/mol. The summed E-state index contributed by atoms with van der Waals surface area (Å²) in [5.41, 5.74) is 6.59. The number of nitrogens with two attached hydrogens (primary N) is 1. The fourth-order valence-corrected chi connectivity index (χ4v) is 4.83. The van der Waals surface area contributed by atoms with Crippen molar-refractivity contribution >= 4 is 29.5 Å². The van der Waals surface area contributed by atoms with Gasteiger partial charge in [-0.15, -0.1) is 11.8 Å². The van der Waals surface area contributed by atoms with Crippen LogP contribution in [0.2, 0.25) is 0 Å². The van der Waals surface area contributed by atoms with Gasteiger partial charge in [-0.1, -0.05) is 30.3 Å². The van der Waals surface area contributed by atoms with E-state index in [0.717, 1.165) is 0 Å². The average Bonchev–Trinajstić information content (AvgIpc) is 2.80. The molecular formula is C16H20N3NaO4S. The van der Waals surface area contributed by atoms with Gasteiger partial charge in [0.05, 0.1) is 0 Å². The standard InChI is InChI=1S/C16H19N3O4S.Na.H/c1-16(2)11(15(22)23)19-13(21)10(14(19)24-16)18-12(20)9(17)8-6-4-3-5-7-8;;/h3-7,9-11,14H,17H2,1-2H3,(H,18,20)(H,22,23);;/q;+1;-1/t9-,10-,11+,14-;;/m1../s1. The first-order valence-electron chi connectivity index (χ1n) is 7.58. The maximum Gasteiger partial charge on any atom is 1.00 e. The van der Waals surface area contributed by atoms with Gasteiger partial charge in [0.2, 0.25) is 11.8 Å². The van der Waals surface area contributed by atoms with Gasteiger partial charge >= 0.3 is 35.5 Å². The van der Waals surface area contributed by atoms with E-state index in [1.54, 1.807) is 38.1 Å². The molecule has 0 aromatic heterocycles. The van der Waals surface area contributed by atoms with Crippen molar-refractivity contribution in [2.24, 2.45) is 5.73 Å². The van der Waals surface area contributed by atoms with Crippen molar-refractivity contribution in [2.75, 3.05) is 0 Å². The summed E-state index contributed by atoms with van der Waals surface area (Å²) in [6.07, 6.45) is 0. The molecule has 2 aliphatic heterocycles. The first-order chi connectivity index (χ1) is 11.2. The number of amides is 2. The number of β-lactam (4-membered cyclic amide) rings is 1. The summed E-state index contributed by atoms with van der Waals surface area (Å²) in [5, 5.41) is 11.7. The molecule has 0 unspecified atom stereocenters. The number of hydrogen-bond donors (Lipinski definition) is 3. The quantitative estimate of drug-likeness (QED) is 0.395. The first-order valence-corrected chi connectivity index (χ1v) is 8.45. The second kappa shape index (κ2) is 7.28. The molecule has 4 atom stereocenters. The molecular weight excluding hydrogens is 353 g/mol. The van der Waals surface area contributed by atoms with Crippen molar-refractivity contribution < 1.29 is 50.5 Å². The topological polar surface area (TPSA) is 113 Å². The molecule has 4 N–H and O–H groups in total. The van der Waals surface area contributed by atoms with Crippen LogP contribution in [0.25, 0.3) is 0 Å². The van der Waals surface area contributed by atoms with E-state index >= 15 is 0 Å². The maximum atomic E-state index is 12.3. The number of nitrogens with one attached hydrogen (secondary N) is 1. The van der Waals surface area contributed by atoms with E-state index in [1.165, 1.54) is 16.7 Å². The molecule has 1 aromatic rings. The van der Waals surface area contributed by atoms with Crippen molar-refractivity contribution in [3.05, 3.63) is 35.9 Å². The number of benzene rings is 1. The molecule has 2 heterocycles. The van der Waals surface area contributed by atoms with Crippen molar-refractivity contribution in [2.45, 2.75) is 42.1 Å². The van der Waals surface area contributed by atoms with Gasteiger partial charge in [-0.25, -0.2) is 4.79 Å². The number of hydrogen-bond acceptors (Lipinski definition) is 5. The second-order valence-electron chi connectivity index (χ2n) is 6.47. The summed E-state index contributed by atoms with van der Waals surface area (Å²) in [7, 11) is 0. The Kier molecular flexibility index (Phi) is 5.90. The third kappa shape index (κ3) is 3.46. The molecule has 3 rings (SSSR count). The molecule has 2 fully saturated rings. The van der Waals surface area contributed by atoms with Crippen molar-refractivity contribution in [3.8, 4) is 0 Å². The number of rotatable bonds is 4. The minimum Gasteiger partial charge on any atom is -1.00 e. The molecule has 2 saturated heterocycles. The third-order valence-electron chi connectivity index (χ3n) is 4.41. The fourth-order valence-electron chi connectivity index (χ4n) is 3.20. The number of thioether (sulfide) groups is 1. The zero-order chi connectivity index (χ0) is 17.6. The predicted octanol–water partition coefficient (Wildman–Crippen LogP) is -2.57. The van der Waals surface area contributed by atoms with Crippen LogP contribution in [-0.4, -0.2) is 50.0 Å². The summed E-state index contributed by atoms with van der Waals surface area (Å²) in [4.78, 5) is 37.5. The molecule has 25 heavy (non-hydrogen) atoms. The van der Waals surface area contributed by atoms with Gasteiger partial charge in [-0.3, -0.25) is 9.59 Å². The van der Waals surface area contributed by atoms with E-state index in [1.807, 2.05) is 6.07 Å². The van der Waals surface area contributed by atoms with Gasteiger partial charge < -0.3 is 22.5 Å². The number of carboxylic acid groups (broad SMARTS) is 1. The van der Waals surface area contributed by atoms with Gasteiger partial charge in [-0.2, -0.15) is 0 Å². The van der Waals surface area contributed by atoms with Crippen LogP contribution in [-0.2, 0) is 14.4 Å². The molecule has 130 valence electrons. The van der Waals surface area contributed by atoms with Crippen molar-refractivity contribution in [3.63, 3.8) is 0 Å². The van der Waals surface area contributed by atoms with Gasteiger partial charge in [0.15, 0.2) is 0 Å². The Morgan fingerprint density at radius 1 is 1.36 bits per heavy atom. The van der Waals surface area contributed by atoms with Crippen LogP contribution >= 0.6 is 11.8 Å². The normalized spacial score (nSPS) is 27.6. The molecule has 7 nitrogen and oxygen atoms in total. The van der Waals surface area contributed by atoms with Gasteiger partial charge in [0.25, 0.3) is 0 Å². The smallest absolute Gasteiger partial charge is 1.00 e. The Morgan fingerprint density at radius 3 is 2.52 bits per heavy atom. The fraction of sp³-hybridized carbons (Fsp3) is 0.438. The minimum absolute atomic E-state index is 0. The van der Waals surface area contributed by atoms with Crippen LogP contribution in [0.3, 0.4) is 0 Å². The van der Waals surface area contributed by atoms with Crippen molar-refractivity contribution in [1.29, 1.82) is 0 Å². The third-order valence-corrected chi connectivity index (χ3v) is 5.99. The number of nitrogens with zero attached hydrogens (tertiary/aromatic N) is 1. The first kappa shape index (κ1) is 20.3. The Hall–Kier alpha value is -1.06. The summed E-state index contributed by atoms with van der Waals surface area (Å²) in [6, 6.07) is 6.38. The van der Waals surface area contributed by atoms with Crippen LogP contribution in [0.1, 0.15) is 26.9 Å². The van der Waals surface area contributed by atoms with Crippen LogP contribution < -0.4 is 40.6 Å². The molecule has 0 saturated carbocycles. The molecule has 0 aliphatic carbocycles. The summed E-state index contributed by atoms with van der Waals surface area (Å²) in [5.74, 6) is -1.86. The van der Waals surface area contributed by atoms with Crippen LogP contribution in [0.15, 0.2) is 30.3 Å². The number of carbonyl (C=O) groups is 3. The zero-order valence-electron chi connectivity index (χ0n) is 15.3. The second-order valence-corrected chi connectivity index (χ2v) is 8.24. The van der Waals surface area contributed by atoms with E-state index < -0.39 is 34.7 Å². The molecule has 0 radical (unpaired) electrons. The predicted molar refractivity (Wildman–Crippen MR) is 90.1 cm³/mol. The summed E-state index contributed by atoms with van der Waals surface area (Å²) < 4.78 is -0.618. The van der Waals surface area contributed by atoms with Gasteiger partial charge in [-0.05, 0) is 19.4 Å². The SMILES string of the molecule is CC1(C)S[C@@H]2[C@H](NC(=O)[C@H](N)c3ccccc3)C(=O)N2[C@H]1C(=O)O.[H-].[Na+]. The Balaban J connectivity index is 0.00000169. The number of aliphatic carboxylic acids is 1. The maximum absolute atomic E-state index is 12.3. The van der Waals surface area contributed by atoms with Crippen LogP contribution in [0.5, 0.6) is 0 Å². The largest absolute Gasteiger partial charge is 1.00 e. The molecule has 2 aliphatic rings. The molecule has 0 spiro atoms. The number of fused-ring (bicyclic) bond motifs is 1. The van der Waals surface area contributed by atoms with Crippen molar-refractivity contribution in [1.82, 2.24) is 10.2 Å². The Bertz CT molecular complexity index is 706. The van der Waals surface area contributed by atoms with Crippen LogP contribution in [0, 0.1) is 0 Å². The molecule has 1 aromatic carbocycles. The molecule has 0 bridgehead atoms. The molecule has 2 amide bonds. The summed E-state index contributed by atoms with van der Waals surface area (Å²) in [6.45, 7) is 3.58. The Morgan fingerprint density at radius 2 is 1.96 bits per heavy atom. The van der Waals surface area contributed by atoms with Crippen LogP contribution in [0.4, 0.5) is 0 Å². The average molecular weight is 373 g/mol. The Labute approximate surface area is 173 Å². The molecule has 9 heteroatoms. The van der Waals surface area contributed by atoms with Gasteiger partial charge in [0, 0.05) is 4.75 Å². The number of carboxylic acids is 1. The zero-order valence-corrected chi connectivity index (χ0v) is 17.1. The van der Waals surface area contributed by atoms with Gasteiger partial charge in [0.1, 0.15) is 23.5 Å². The minimum atomic E-state index is -1.03. The van der Waals surface area contributed by atoms with E-state index in [0.29, 0.717) is 5.56 Å². The van der Waals surface area contributed by atoms with E-state index in [4.69, 9.17) is 5.73 Å².